The number of rotatable bonds is 3. The van der Waals surface area contributed by atoms with Crippen molar-refractivity contribution in [3.63, 3.8) is 0 Å². The van der Waals surface area contributed by atoms with E-state index in [2.05, 4.69) is 10.0 Å². The maximum absolute atomic E-state index is 13.2. The molecule has 1 fully saturated rings. The van der Waals surface area contributed by atoms with Crippen molar-refractivity contribution in [3.05, 3.63) is 29.8 Å². The summed E-state index contributed by atoms with van der Waals surface area (Å²) in [5.41, 5.74) is 0. The Kier molecular flexibility index (Phi) is 2.92. The molecule has 1 aromatic rings. The Morgan fingerprint density at radius 1 is 1.31 bits per heavy atom. The van der Waals surface area contributed by atoms with Crippen molar-refractivity contribution in [2.75, 3.05) is 13.1 Å². The molecule has 16 heavy (non-hydrogen) atoms. The Labute approximate surface area is 91.7 Å². The molecule has 1 saturated heterocycles. The van der Waals surface area contributed by atoms with Crippen LogP contribution in [-0.4, -0.2) is 27.5 Å². The highest BCUT2D eigenvalue weighted by Gasteiger charge is 2.26. The zero-order valence-electron chi connectivity index (χ0n) is 8.20. The zero-order valence-corrected chi connectivity index (χ0v) is 9.02. The summed E-state index contributed by atoms with van der Waals surface area (Å²) in [6.07, 6.45) is 0. The minimum Gasteiger partial charge on any atom is -0.313 e. The molecular formula is C9H10F2N2O2S. The van der Waals surface area contributed by atoms with Gasteiger partial charge >= 0.3 is 0 Å². The Bertz CT molecular complexity index is 500. The van der Waals surface area contributed by atoms with Gasteiger partial charge in [-0.3, -0.25) is 0 Å². The van der Waals surface area contributed by atoms with Gasteiger partial charge in [0.1, 0.15) is 16.5 Å². The van der Waals surface area contributed by atoms with E-state index in [1.807, 2.05) is 0 Å². The van der Waals surface area contributed by atoms with Crippen LogP contribution >= 0.6 is 0 Å². The second-order valence-corrected chi connectivity index (χ2v) is 5.23. The van der Waals surface area contributed by atoms with E-state index < -0.39 is 26.6 Å². The van der Waals surface area contributed by atoms with E-state index in [1.54, 1.807) is 0 Å². The van der Waals surface area contributed by atoms with Crippen molar-refractivity contribution < 1.29 is 17.2 Å². The van der Waals surface area contributed by atoms with Gasteiger partial charge in [0.25, 0.3) is 0 Å². The Morgan fingerprint density at radius 3 is 2.50 bits per heavy atom. The van der Waals surface area contributed by atoms with Crippen molar-refractivity contribution in [2.24, 2.45) is 0 Å². The Hall–Kier alpha value is -1.05. The SMILES string of the molecule is O=S(=O)(NC1CNC1)c1ccc(F)cc1F. The van der Waals surface area contributed by atoms with Crippen LogP contribution < -0.4 is 10.0 Å². The molecule has 4 nitrogen and oxygen atoms in total. The number of benzene rings is 1. The number of sulfonamides is 1. The first-order valence-electron chi connectivity index (χ1n) is 4.67. The lowest BCUT2D eigenvalue weighted by molar-refractivity contribution is 0.409. The van der Waals surface area contributed by atoms with Gasteiger partial charge in [-0.15, -0.1) is 0 Å². The van der Waals surface area contributed by atoms with Gasteiger partial charge < -0.3 is 5.32 Å². The molecule has 1 aliphatic rings. The van der Waals surface area contributed by atoms with Gasteiger partial charge in [-0.05, 0) is 12.1 Å². The van der Waals surface area contributed by atoms with Crippen LogP contribution in [0.4, 0.5) is 8.78 Å². The third-order valence-corrected chi connectivity index (χ3v) is 3.84. The first-order chi connectivity index (χ1) is 7.49. The standard InChI is InChI=1S/C9H10F2N2O2S/c10-6-1-2-9(8(11)3-6)16(14,15)13-7-4-12-5-7/h1-3,7,12-13H,4-5H2. The zero-order chi connectivity index (χ0) is 11.8. The molecule has 0 atom stereocenters. The summed E-state index contributed by atoms with van der Waals surface area (Å²) in [7, 11) is -3.90. The predicted octanol–water partition coefficient (Wildman–Crippen LogP) is 0.215. The van der Waals surface area contributed by atoms with Crippen LogP contribution in [0.1, 0.15) is 0 Å². The van der Waals surface area contributed by atoms with Gasteiger partial charge in [-0.2, -0.15) is 0 Å². The molecule has 0 saturated carbocycles. The second-order valence-electron chi connectivity index (χ2n) is 3.55. The van der Waals surface area contributed by atoms with Crippen molar-refractivity contribution in [2.45, 2.75) is 10.9 Å². The Morgan fingerprint density at radius 2 is 2.00 bits per heavy atom. The van der Waals surface area contributed by atoms with Crippen molar-refractivity contribution in [1.82, 2.24) is 10.0 Å². The Balaban J connectivity index is 2.27. The third-order valence-electron chi connectivity index (χ3n) is 2.29. The predicted molar refractivity (Wildman–Crippen MR) is 53.3 cm³/mol. The smallest absolute Gasteiger partial charge is 0.243 e. The summed E-state index contributed by atoms with van der Waals surface area (Å²) >= 11 is 0. The lowest BCUT2D eigenvalue weighted by Gasteiger charge is -2.27. The fourth-order valence-corrected chi connectivity index (χ4v) is 2.64. The molecule has 0 aromatic heterocycles. The third kappa shape index (κ3) is 2.21. The lowest BCUT2D eigenvalue weighted by Crippen LogP contribution is -2.56. The minimum absolute atomic E-state index is 0.227. The molecule has 0 radical (unpaired) electrons. The average Bonchev–Trinajstić information content (AvgIpc) is 2.11. The molecule has 0 unspecified atom stereocenters. The number of hydrogen-bond donors (Lipinski definition) is 2. The van der Waals surface area contributed by atoms with Crippen molar-refractivity contribution in [3.8, 4) is 0 Å². The van der Waals surface area contributed by atoms with Crippen LogP contribution in [0.15, 0.2) is 23.1 Å². The van der Waals surface area contributed by atoms with Gasteiger partial charge in [-0.25, -0.2) is 21.9 Å². The molecule has 0 amide bonds. The van der Waals surface area contributed by atoms with Crippen LogP contribution in [0.5, 0.6) is 0 Å². The van der Waals surface area contributed by atoms with Gasteiger partial charge in [0.15, 0.2) is 0 Å². The number of halogens is 2. The number of hydrogen-bond acceptors (Lipinski definition) is 3. The van der Waals surface area contributed by atoms with Crippen LogP contribution in [0, 0.1) is 11.6 Å². The van der Waals surface area contributed by atoms with Gasteiger partial charge in [0.05, 0.1) is 0 Å². The molecule has 0 aliphatic carbocycles. The monoisotopic (exact) mass is 248 g/mol. The quantitative estimate of drug-likeness (QED) is 0.804. The van der Waals surface area contributed by atoms with E-state index in [-0.39, 0.29) is 6.04 Å². The molecule has 7 heteroatoms. The molecule has 1 heterocycles. The number of nitrogens with one attached hydrogen (secondary N) is 2. The van der Waals surface area contributed by atoms with E-state index >= 15 is 0 Å². The van der Waals surface area contributed by atoms with E-state index in [0.29, 0.717) is 19.2 Å². The molecule has 0 spiro atoms. The summed E-state index contributed by atoms with van der Waals surface area (Å²) in [4.78, 5) is -0.527. The van der Waals surface area contributed by atoms with E-state index in [1.165, 1.54) is 0 Å². The highest BCUT2D eigenvalue weighted by Crippen LogP contribution is 2.16. The van der Waals surface area contributed by atoms with Crippen molar-refractivity contribution >= 4 is 10.0 Å². The topological polar surface area (TPSA) is 58.2 Å². The van der Waals surface area contributed by atoms with Gasteiger partial charge in [0, 0.05) is 25.2 Å². The van der Waals surface area contributed by atoms with Gasteiger partial charge in [0.2, 0.25) is 10.0 Å². The van der Waals surface area contributed by atoms with E-state index in [0.717, 1.165) is 12.1 Å². The molecule has 2 rings (SSSR count). The highest BCUT2D eigenvalue weighted by molar-refractivity contribution is 7.89. The first-order valence-corrected chi connectivity index (χ1v) is 6.15. The summed E-state index contributed by atoms with van der Waals surface area (Å²) in [6, 6.07) is 2.15. The lowest BCUT2D eigenvalue weighted by atomic mass is 10.2. The molecule has 1 aliphatic heterocycles. The van der Waals surface area contributed by atoms with E-state index in [4.69, 9.17) is 0 Å². The van der Waals surface area contributed by atoms with Crippen LogP contribution in [0.3, 0.4) is 0 Å². The minimum atomic E-state index is -3.90. The molecule has 88 valence electrons. The van der Waals surface area contributed by atoms with Crippen LogP contribution in [-0.2, 0) is 10.0 Å². The fraction of sp³-hybridized carbons (Fsp3) is 0.333. The normalized spacial score (nSPS) is 17.1. The summed E-state index contributed by atoms with van der Waals surface area (Å²) in [5.74, 6) is -1.89. The summed E-state index contributed by atoms with van der Waals surface area (Å²) in [5, 5.41) is 2.88. The van der Waals surface area contributed by atoms with Crippen LogP contribution in [0.25, 0.3) is 0 Å². The van der Waals surface area contributed by atoms with Gasteiger partial charge in [-0.1, -0.05) is 0 Å². The molecule has 0 bridgehead atoms. The second kappa shape index (κ2) is 4.08. The largest absolute Gasteiger partial charge is 0.313 e. The van der Waals surface area contributed by atoms with E-state index in [9.17, 15) is 17.2 Å². The molecule has 1 aromatic carbocycles. The summed E-state index contributed by atoms with van der Waals surface area (Å²) < 4.78 is 51.5. The summed E-state index contributed by atoms with van der Waals surface area (Å²) in [6.45, 7) is 1.03. The maximum atomic E-state index is 13.2. The highest BCUT2D eigenvalue weighted by atomic mass is 32.2. The van der Waals surface area contributed by atoms with Crippen molar-refractivity contribution in [1.29, 1.82) is 0 Å². The maximum Gasteiger partial charge on any atom is 0.243 e. The van der Waals surface area contributed by atoms with Crippen LogP contribution in [0.2, 0.25) is 0 Å². The molecule has 2 N–H and O–H groups in total. The first kappa shape index (κ1) is 11.4. The fourth-order valence-electron chi connectivity index (χ4n) is 1.35. The average molecular weight is 248 g/mol. The molecular weight excluding hydrogens is 238 g/mol.